The minimum Gasteiger partial charge on any atom is -0.365 e. The Morgan fingerprint density at radius 2 is 2.12 bits per heavy atom. The zero-order valence-corrected chi connectivity index (χ0v) is 14.2. The fraction of sp³-hybridized carbons (Fsp3) is 0.368. The average molecular weight is 337 g/mol. The van der Waals surface area contributed by atoms with Gasteiger partial charge in [0.2, 0.25) is 0 Å². The predicted octanol–water partition coefficient (Wildman–Crippen LogP) is 3.10. The van der Waals surface area contributed by atoms with Crippen LogP contribution in [0.1, 0.15) is 48.2 Å². The van der Waals surface area contributed by atoms with Crippen LogP contribution >= 0.6 is 0 Å². The van der Waals surface area contributed by atoms with Crippen molar-refractivity contribution in [2.24, 2.45) is 0 Å². The number of aromatic nitrogens is 3. The minimum absolute atomic E-state index is 0.178. The molecular weight excluding hydrogens is 314 g/mol. The Hall–Kier alpha value is -2.76. The molecule has 0 saturated heterocycles. The van der Waals surface area contributed by atoms with E-state index in [1.165, 1.54) is 31.0 Å². The summed E-state index contributed by atoms with van der Waals surface area (Å²) in [6, 6.07) is 3.87. The molecule has 2 heterocycles. The second-order valence-corrected chi connectivity index (χ2v) is 6.12. The second kappa shape index (κ2) is 8.92. The maximum absolute atomic E-state index is 12.1. The zero-order chi connectivity index (χ0) is 17.3. The number of hydrogen-bond donors (Lipinski definition) is 2. The summed E-state index contributed by atoms with van der Waals surface area (Å²) in [4.78, 5) is 24.6. The number of nitrogens with one attached hydrogen (secondary N) is 2. The summed E-state index contributed by atoms with van der Waals surface area (Å²) in [5, 5.41) is 6.07. The van der Waals surface area contributed by atoms with E-state index >= 15 is 0 Å². The second-order valence-electron chi connectivity index (χ2n) is 6.12. The van der Waals surface area contributed by atoms with Gasteiger partial charge in [-0.2, -0.15) is 0 Å². The van der Waals surface area contributed by atoms with Crippen molar-refractivity contribution in [1.82, 2.24) is 20.3 Å². The van der Waals surface area contributed by atoms with Crippen LogP contribution in [0.5, 0.6) is 0 Å². The first-order valence-electron chi connectivity index (χ1n) is 8.72. The Balaban J connectivity index is 1.44. The molecule has 0 atom stereocenters. The molecule has 1 aliphatic carbocycles. The van der Waals surface area contributed by atoms with E-state index < -0.39 is 0 Å². The van der Waals surface area contributed by atoms with E-state index in [-0.39, 0.29) is 5.91 Å². The number of anilines is 1. The molecule has 2 aromatic rings. The smallest absolute Gasteiger partial charge is 0.271 e. The van der Waals surface area contributed by atoms with Crippen LogP contribution in [0.2, 0.25) is 0 Å². The first-order valence-corrected chi connectivity index (χ1v) is 8.72. The third kappa shape index (κ3) is 5.38. The number of carbonyl (C=O) groups excluding carboxylic acids is 1. The van der Waals surface area contributed by atoms with E-state index in [1.807, 2.05) is 12.1 Å². The van der Waals surface area contributed by atoms with Crippen LogP contribution in [0.3, 0.4) is 0 Å². The van der Waals surface area contributed by atoms with E-state index in [0.29, 0.717) is 24.6 Å². The average Bonchev–Trinajstić information content (AvgIpc) is 2.68. The van der Waals surface area contributed by atoms with Crippen LogP contribution < -0.4 is 10.6 Å². The topological polar surface area (TPSA) is 79.8 Å². The van der Waals surface area contributed by atoms with E-state index in [4.69, 9.17) is 0 Å². The lowest BCUT2D eigenvalue weighted by Crippen LogP contribution is -2.26. The van der Waals surface area contributed by atoms with Crippen molar-refractivity contribution < 1.29 is 4.79 Å². The maximum atomic E-state index is 12.1. The van der Waals surface area contributed by atoms with Crippen LogP contribution in [0.25, 0.3) is 0 Å². The molecule has 0 radical (unpaired) electrons. The molecule has 2 N–H and O–H groups in total. The highest BCUT2D eigenvalue weighted by Crippen LogP contribution is 2.19. The van der Waals surface area contributed by atoms with Gasteiger partial charge in [-0.05, 0) is 43.7 Å². The summed E-state index contributed by atoms with van der Waals surface area (Å²) in [6.45, 7) is 1.26. The molecule has 1 amide bonds. The standard InChI is InChI=1S/C19H23N5O/c25-19(21-10-8-15-5-2-1-3-6-15)17-13-24-18(14-22-17)23-12-16-7-4-9-20-11-16/h4-5,7,9,11,13-14H,1-3,6,8,10,12H2,(H,21,25)(H,23,24). The van der Waals surface area contributed by atoms with Gasteiger partial charge in [0.15, 0.2) is 0 Å². The van der Waals surface area contributed by atoms with Gasteiger partial charge in [0.05, 0.1) is 12.4 Å². The molecule has 0 unspecified atom stereocenters. The number of hydrogen-bond acceptors (Lipinski definition) is 5. The molecular formula is C19H23N5O. The minimum atomic E-state index is -0.178. The predicted molar refractivity (Wildman–Crippen MR) is 97.1 cm³/mol. The van der Waals surface area contributed by atoms with E-state index in [2.05, 4.69) is 31.7 Å². The number of nitrogens with zero attached hydrogens (tertiary/aromatic N) is 3. The van der Waals surface area contributed by atoms with Crippen LogP contribution in [0.15, 0.2) is 48.6 Å². The molecule has 0 aliphatic heterocycles. The van der Waals surface area contributed by atoms with Gasteiger partial charge in [-0.25, -0.2) is 9.97 Å². The summed E-state index contributed by atoms with van der Waals surface area (Å²) in [5.74, 6) is 0.454. The highest BCUT2D eigenvalue weighted by molar-refractivity contribution is 5.91. The summed E-state index contributed by atoms with van der Waals surface area (Å²) >= 11 is 0. The molecule has 130 valence electrons. The van der Waals surface area contributed by atoms with Crippen LogP contribution in [-0.4, -0.2) is 27.4 Å². The van der Waals surface area contributed by atoms with Crippen molar-refractivity contribution >= 4 is 11.7 Å². The molecule has 6 heteroatoms. The molecule has 25 heavy (non-hydrogen) atoms. The normalized spacial score (nSPS) is 13.8. The summed E-state index contributed by atoms with van der Waals surface area (Å²) < 4.78 is 0. The van der Waals surface area contributed by atoms with Crippen LogP contribution in [-0.2, 0) is 6.54 Å². The first kappa shape index (κ1) is 17.1. The van der Waals surface area contributed by atoms with Crippen molar-refractivity contribution in [2.45, 2.75) is 38.6 Å². The van der Waals surface area contributed by atoms with Crippen molar-refractivity contribution in [3.63, 3.8) is 0 Å². The van der Waals surface area contributed by atoms with Gasteiger partial charge in [-0.15, -0.1) is 0 Å². The van der Waals surface area contributed by atoms with Gasteiger partial charge in [0.25, 0.3) is 5.91 Å². The van der Waals surface area contributed by atoms with Gasteiger partial charge >= 0.3 is 0 Å². The molecule has 2 aromatic heterocycles. The maximum Gasteiger partial charge on any atom is 0.271 e. The highest BCUT2D eigenvalue weighted by Gasteiger charge is 2.09. The molecule has 3 rings (SSSR count). The molecule has 0 saturated carbocycles. The zero-order valence-electron chi connectivity index (χ0n) is 14.2. The number of allylic oxidation sites excluding steroid dienone is 1. The molecule has 1 aliphatic rings. The van der Waals surface area contributed by atoms with Crippen LogP contribution in [0, 0.1) is 0 Å². The lowest BCUT2D eigenvalue weighted by molar-refractivity contribution is 0.0948. The summed E-state index contributed by atoms with van der Waals surface area (Å²) in [7, 11) is 0. The van der Waals surface area contributed by atoms with Crippen molar-refractivity contribution in [3.8, 4) is 0 Å². The van der Waals surface area contributed by atoms with Crippen molar-refractivity contribution in [1.29, 1.82) is 0 Å². The van der Waals surface area contributed by atoms with E-state index in [0.717, 1.165) is 18.4 Å². The van der Waals surface area contributed by atoms with Crippen LogP contribution in [0.4, 0.5) is 5.82 Å². The quantitative estimate of drug-likeness (QED) is 0.759. The van der Waals surface area contributed by atoms with Gasteiger partial charge < -0.3 is 10.6 Å². The first-order chi connectivity index (χ1) is 12.3. The van der Waals surface area contributed by atoms with E-state index in [9.17, 15) is 4.79 Å². The summed E-state index contributed by atoms with van der Waals surface area (Å²) in [5.41, 5.74) is 2.85. The molecule has 6 nitrogen and oxygen atoms in total. The number of amides is 1. The third-order valence-electron chi connectivity index (χ3n) is 4.20. The Labute approximate surface area is 147 Å². The summed E-state index contributed by atoms with van der Waals surface area (Å²) in [6.07, 6.45) is 14.7. The van der Waals surface area contributed by atoms with Gasteiger partial charge in [0, 0.05) is 25.5 Å². The Bertz CT molecular complexity index is 712. The molecule has 0 fully saturated rings. The SMILES string of the molecule is O=C(NCCC1=CCCCC1)c1cnc(NCc2cccnc2)cn1. The number of carbonyl (C=O) groups is 1. The Morgan fingerprint density at radius 1 is 1.16 bits per heavy atom. The van der Waals surface area contributed by atoms with Crippen molar-refractivity contribution in [3.05, 3.63) is 59.8 Å². The Morgan fingerprint density at radius 3 is 2.84 bits per heavy atom. The fourth-order valence-electron chi connectivity index (χ4n) is 2.79. The monoisotopic (exact) mass is 337 g/mol. The molecule has 0 spiro atoms. The molecule has 0 aromatic carbocycles. The van der Waals surface area contributed by atoms with Gasteiger partial charge in [0.1, 0.15) is 11.5 Å². The van der Waals surface area contributed by atoms with Gasteiger partial charge in [-0.1, -0.05) is 17.7 Å². The Kier molecular flexibility index (Phi) is 6.09. The number of rotatable bonds is 7. The highest BCUT2D eigenvalue weighted by atomic mass is 16.1. The largest absolute Gasteiger partial charge is 0.365 e. The lowest BCUT2D eigenvalue weighted by Gasteiger charge is -2.12. The van der Waals surface area contributed by atoms with E-state index in [1.54, 1.807) is 18.6 Å². The fourth-order valence-corrected chi connectivity index (χ4v) is 2.79. The van der Waals surface area contributed by atoms with Crippen molar-refractivity contribution in [2.75, 3.05) is 11.9 Å². The van der Waals surface area contributed by atoms with Gasteiger partial charge in [-0.3, -0.25) is 9.78 Å². The third-order valence-corrected chi connectivity index (χ3v) is 4.20. The molecule has 0 bridgehead atoms. The lowest BCUT2D eigenvalue weighted by atomic mass is 9.97. The number of pyridine rings is 1.